The second kappa shape index (κ2) is 6.22. The Morgan fingerprint density at radius 3 is 2.85 bits per heavy atom. The van der Waals surface area contributed by atoms with Gasteiger partial charge in [0.15, 0.2) is 0 Å². The van der Waals surface area contributed by atoms with E-state index in [-0.39, 0.29) is 0 Å². The summed E-state index contributed by atoms with van der Waals surface area (Å²) in [7, 11) is 0. The maximum atomic E-state index is 11.8. The van der Waals surface area contributed by atoms with E-state index in [9.17, 15) is 4.79 Å². The van der Waals surface area contributed by atoms with Crippen molar-refractivity contribution in [1.82, 2.24) is 10.3 Å². The smallest absolute Gasteiger partial charge is 0.252 e. The lowest BCUT2D eigenvalue weighted by atomic mass is 10.0. The number of hydrogen-bond donors (Lipinski definition) is 2. The monoisotopic (exact) mass is 276 g/mol. The number of anilines is 1. The quantitative estimate of drug-likeness (QED) is 0.871. The van der Waals surface area contributed by atoms with Crippen LogP contribution in [0, 0.1) is 13.8 Å². The van der Waals surface area contributed by atoms with Crippen LogP contribution in [0.1, 0.15) is 41.5 Å². The van der Waals surface area contributed by atoms with Crippen LogP contribution in [0.5, 0.6) is 0 Å². The third kappa shape index (κ3) is 2.93. The number of nitrogens with two attached hydrogens (primary N) is 1. The number of nitrogens with zero attached hydrogens (tertiary/aromatic N) is 2. The molecule has 1 atom stereocenters. The molecule has 0 bridgehead atoms. The highest BCUT2D eigenvalue weighted by atomic mass is 16.1. The van der Waals surface area contributed by atoms with E-state index in [4.69, 9.17) is 5.73 Å². The summed E-state index contributed by atoms with van der Waals surface area (Å²) in [5.74, 6) is -0.396. The molecule has 1 amide bonds. The Kier molecular flexibility index (Phi) is 4.60. The van der Waals surface area contributed by atoms with E-state index >= 15 is 0 Å². The molecule has 0 aromatic carbocycles. The predicted molar refractivity (Wildman–Crippen MR) is 81.1 cm³/mol. The lowest BCUT2D eigenvalue weighted by Crippen LogP contribution is -2.46. The highest BCUT2D eigenvalue weighted by molar-refractivity contribution is 5.99. The number of carbonyl (C=O) groups is 1. The third-order valence-electron chi connectivity index (χ3n) is 3.92. The average molecular weight is 276 g/mol. The number of carbonyl (C=O) groups excluding carboxylic acids is 1. The van der Waals surface area contributed by atoms with Gasteiger partial charge in [-0.3, -0.25) is 9.78 Å². The van der Waals surface area contributed by atoms with Crippen LogP contribution in [0.25, 0.3) is 0 Å². The lowest BCUT2D eigenvalue weighted by Gasteiger charge is -2.36. The number of piperidine rings is 1. The van der Waals surface area contributed by atoms with Gasteiger partial charge >= 0.3 is 0 Å². The molecule has 2 rings (SSSR count). The minimum Gasteiger partial charge on any atom is -0.367 e. The van der Waals surface area contributed by atoms with Crippen LogP contribution >= 0.6 is 0 Å². The highest BCUT2D eigenvalue weighted by Crippen LogP contribution is 2.27. The van der Waals surface area contributed by atoms with Crippen molar-refractivity contribution >= 4 is 11.6 Å². The van der Waals surface area contributed by atoms with E-state index in [1.807, 2.05) is 19.9 Å². The van der Waals surface area contributed by atoms with Gasteiger partial charge in [-0.05, 0) is 46.2 Å². The molecule has 5 heteroatoms. The van der Waals surface area contributed by atoms with Crippen LogP contribution in [0.2, 0.25) is 0 Å². The molecule has 110 valence electrons. The van der Waals surface area contributed by atoms with Gasteiger partial charge in [-0.2, -0.15) is 0 Å². The third-order valence-corrected chi connectivity index (χ3v) is 3.92. The normalized spacial score (nSPS) is 18.9. The van der Waals surface area contributed by atoms with Gasteiger partial charge in [0.1, 0.15) is 0 Å². The number of pyridine rings is 1. The summed E-state index contributed by atoms with van der Waals surface area (Å²) in [6.07, 6.45) is 2.30. The van der Waals surface area contributed by atoms with Gasteiger partial charge in [-0.1, -0.05) is 0 Å². The fraction of sp³-hybridized carbons (Fsp3) is 0.600. The number of aromatic nitrogens is 1. The van der Waals surface area contributed by atoms with Gasteiger partial charge in [0, 0.05) is 24.8 Å². The Balaban J connectivity index is 2.44. The Morgan fingerprint density at radius 2 is 2.30 bits per heavy atom. The van der Waals surface area contributed by atoms with Crippen molar-refractivity contribution < 1.29 is 4.79 Å². The summed E-state index contributed by atoms with van der Waals surface area (Å²) in [6, 6.07) is 2.39. The van der Waals surface area contributed by atoms with Crippen LogP contribution in [-0.2, 0) is 0 Å². The predicted octanol–water partition coefficient (Wildman–Crippen LogP) is 1.38. The first kappa shape index (κ1) is 14.8. The van der Waals surface area contributed by atoms with Crippen LogP contribution in [0.15, 0.2) is 6.07 Å². The Hall–Kier alpha value is -1.62. The van der Waals surface area contributed by atoms with Crippen molar-refractivity contribution in [1.29, 1.82) is 0 Å². The van der Waals surface area contributed by atoms with Gasteiger partial charge < -0.3 is 16.0 Å². The maximum absolute atomic E-state index is 11.8. The molecule has 1 aromatic rings. The molecule has 1 aliphatic rings. The van der Waals surface area contributed by atoms with Crippen molar-refractivity contribution in [3.63, 3.8) is 0 Å². The molecule has 1 aliphatic heterocycles. The minimum absolute atomic E-state index is 0.396. The zero-order chi connectivity index (χ0) is 14.7. The largest absolute Gasteiger partial charge is 0.367 e. The van der Waals surface area contributed by atoms with Crippen LogP contribution in [0.4, 0.5) is 5.69 Å². The molecule has 0 saturated carbocycles. The molecule has 1 aromatic heterocycles. The molecule has 20 heavy (non-hydrogen) atoms. The molecule has 1 unspecified atom stereocenters. The van der Waals surface area contributed by atoms with Crippen LogP contribution in [0.3, 0.4) is 0 Å². The van der Waals surface area contributed by atoms with Crippen molar-refractivity contribution in [2.24, 2.45) is 5.73 Å². The number of aryl methyl sites for hydroxylation is 2. The number of amides is 1. The maximum Gasteiger partial charge on any atom is 0.252 e. The molecule has 5 nitrogen and oxygen atoms in total. The van der Waals surface area contributed by atoms with E-state index in [1.54, 1.807) is 0 Å². The van der Waals surface area contributed by atoms with Gasteiger partial charge in [0.05, 0.1) is 16.9 Å². The standard InChI is InChI=1S/C15H24N4O/c1-4-19(12-6-5-7-17-9-12)13-8-10(2)18-11(3)14(13)15(16)20/h8,12,17H,4-7,9H2,1-3H3,(H2,16,20). The van der Waals surface area contributed by atoms with Gasteiger partial charge in [0.25, 0.3) is 5.91 Å². The van der Waals surface area contributed by atoms with E-state index in [0.717, 1.165) is 49.6 Å². The molecule has 0 spiro atoms. The van der Waals surface area contributed by atoms with E-state index in [2.05, 4.69) is 22.1 Å². The zero-order valence-corrected chi connectivity index (χ0v) is 12.6. The van der Waals surface area contributed by atoms with Crippen LogP contribution in [-0.4, -0.2) is 36.6 Å². The SMILES string of the molecule is CCN(c1cc(C)nc(C)c1C(N)=O)C1CCCNC1. The highest BCUT2D eigenvalue weighted by Gasteiger charge is 2.25. The summed E-state index contributed by atoms with van der Waals surface area (Å²) < 4.78 is 0. The molecule has 1 saturated heterocycles. The number of likely N-dealkylation sites (N-methyl/N-ethyl adjacent to an activating group) is 1. The van der Waals surface area contributed by atoms with Gasteiger partial charge in [-0.25, -0.2) is 0 Å². The van der Waals surface area contributed by atoms with Crippen molar-refractivity contribution in [3.05, 3.63) is 23.0 Å². The number of primary amides is 1. The van der Waals surface area contributed by atoms with E-state index in [1.165, 1.54) is 0 Å². The second-order valence-electron chi connectivity index (χ2n) is 5.39. The Labute approximate surface area is 120 Å². The minimum atomic E-state index is -0.396. The van der Waals surface area contributed by atoms with Gasteiger partial charge in [0.2, 0.25) is 0 Å². The van der Waals surface area contributed by atoms with Crippen molar-refractivity contribution in [2.75, 3.05) is 24.5 Å². The molecule has 3 N–H and O–H groups in total. The summed E-state index contributed by atoms with van der Waals surface area (Å²) >= 11 is 0. The first-order valence-electron chi connectivity index (χ1n) is 7.30. The molecular formula is C15H24N4O. The average Bonchev–Trinajstić information content (AvgIpc) is 2.39. The number of rotatable bonds is 4. The fourth-order valence-electron chi connectivity index (χ4n) is 3.06. The summed E-state index contributed by atoms with van der Waals surface area (Å²) in [5, 5.41) is 3.42. The summed E-state index contributed by atoms with van der Waals surface area (Å²) in [5.41, 5.74) is 8.69. The molecular weight excluding hydrogens is 252 g/mol. The van der Waals surface area contributed by atoms with Gasteiger partial charge in [-0.15, -0.1) is 0 Å². The van der Waals surface area contributed by atoms with Crippen molar-refractivity contribution in [3.8, 4) is 0 Å². The topological polar surface area (TPSA) is 71.2 Å². The molecule has 2 heterocycles. The first-order chi connectivity index (χ1) is 9.54. The van der Waals surface area contributed by atoms with Crippen LogP contribution < -0.4 is 16.0 Å². The molecule has 1 fully saturated rings. The Morgan fingerprint density at radius 1 is 1.55 bits per heavy atom. The van der Waals surface area contributed by atoms with E-state index < -0.39 is 5.91 Å². The zero-order valence-electron chi connectivity index (χ0n) is 12.6. The number of hydrogen-bond acceptors (Lipinski definition) is 4. The summed E-state index contributed by atoms with van der Waals surface area (Å²) in [4.78, 5) is 18.5. The molecule has 0 aliphatic carbocycles. The Bertz CT molecular complexity index is 495. The summed E-state index contributed by atoms with van der Waals surface area (Å²) in [6.45, 7) is 8.80. The fourth-order valence-corrected chi connectivity index (χ4v) is 3.06. The second-order valence-corrected chi connectivity index (χ2v) is 5.39. The number of nitrogens with one attached hydrogen (secondary N) is 1. The molecule has 0 radical (unpaired) electrons. The lowest BCUT2D eigenvalue weighted by molar-refractivity contribution is 0.0999. The van der Waals surface area contributed by atoms with Crippen molar-refractivity contribution in [2.45, 2.75) is 39.7 Å². The van der Waals surface area contributed by atoms with E-state index in [0.29, 0.717) is 11.6 Å². The first-order valence-corrected chi connectivity index (χ1v) is 7.30.